The highest BCUT2D eigenvalue weighted by molar-refractivity contribution is 5.82. The van der Waals surface area contributed by atoms with Crippen LogP contribution in [0.4, 0.5) is 0 Å². The van der Waals surface area contributed by atoms with Gasteiger partial charge >= 0.3 is 0 Å². The molecule has 2 amide bonds. The molecule has 3 aromatic rings. The van der Waals surface area contributed by atoms with E-state index in [2.05, 4.69) is 15.8 Å². The molecule has 1 aromatic heterocycles. The molecule has 2 N–H and O–H groups in total. The number of aryl methyl sites for hydroxylation is 2. The van der Waals surface area contributed by atoms with Gasteiger partial charge < -0.3 is 9.15 Å². The number of aromatic nitrogens is 1. The van der Waals surface area contributed by atoms with Gasteiger partial charge in [-0.15, -0.1) is 0 Å². The van der Waals surface area contributed by atoms with Crippen LogP contribution in [0.15, 0.2) is 65.2 Å². The highest BCUT2D eigenvalue weighted by atomic mass is 16.5. The number of amides is 2. The number of hydrogen-bond acceptors (Lipinski definition) is 5. The molecule has 0 atom stereocenters. The van der Waals surface area contributed by atoms with E-state index in [0.717, 1.165) is 11.1 Å². The Kier molecular flexibility index (Phi) is 7.00. The van der Waals surface area contributed by atoms with Gasteiger partial charge in [0.05, 0.1) is 6.20 Å². The third kappa shape index (κ3) is 6.49. The minimum Gasteiger partial charge on any atom is -0.484 e. The molecular weight excluding hydrogens is 370 g/mol. The number of oxazole rings is 1. The summed E-state index contributed by atoms with van der Waals surface area (Å²) in [6, 6.07) is 17.1. The Morgan fingerprint density at radius 1 is 1.03 bits per heavy atom. The van der Waals surface area contributed by atoms with E-state index in [1.807, 2.05) is 55.5 Å². The van der Waals surface area contributed by atoms with Crippen molar-refractivity contribution in [3.8, 4) is 17.1 Å². The molecule has 0 aliphatic rings. The summed E-state index contributed by atoms with van der Waals surface area (Å²) in [6.07, 6.45) is 3.00. The molecule has 0 bridgehead atoms. The monoisotopic (exact) mass is 393 g/mol. The van der Waals surface area contributed by atoms with Crippen LogP contribution >= 0.6 is 0 Å². The van der Waals surface area contributed by atoms with E-state index >= 15 is 0 Å². The van der Waals surface area contributed by atoms with E-state index in [4.69, 9.17) is 9.15 Å². The number of carbonyl (C=O) groups is 2. The number of carbonyl (C=O) groups excluding carboxylic acids is 2. The van der Waals surface area contributed by atoms with Gasteiger partial charge in [0.25, 0.3) is 5.91 Å². The van der Waals surface area contributed by atoms with Crippen LogP contribution in [0.5, 0.6) is 5.75 Å². The maximum absolute atomic E-state index is 11.9. The zero-order valence-electron chi connectivity index (χ0n) is 16.2. The van der Waals surface area contributed by atoms with E-state index < -0.39 is 5.91 Å². The number of benzene rings is 2. The number of hydrazine groups is 1. The number of rotatable bonds is 8. The molecule has 150 valence electrons. The maximum atomic E-state index is 11.9. The van der Waals surface area contributed by atoms with Crippen molar-refractivity contribution in [3.05, 3.63) is 72.2 Å². The van der Waals surface area contributed by atoms with Crippen molar-refractivity contribution >= 4 is 11.8 Å². The van der Waals surface area contributed by atoms with Gasteiger partial charge in [0.15, 0.2) is 18.3 Å². The molecule has 3 rings (SSSR count). The van der Waals surface area contributed by atoms with E-state index in [0.29, 0.717) is 30.2 Å². The van der Waals surface area contributed by atoms with Crippen LogP contribution in [0.3, 0.4) is 0 Å². The smallest absolute Gasteiger partial charge is 0.276 e. The quantitative estimate of drug-likeness (QED) is 0.573. The van der Waals surface area contributed by atoms with Crippen molar-refractivity contribution in [2.75, 3.05) is 6.61 Å². The molecule has 0 radical (unpaired) electrons. The average molecular weight is 393 g/mol. The van der Waals surface area contributed by atoms with Gasteiger partial charge in [-0.3, -0.25) is 20.4 Å². The molecule has 1 heterocycles. The second-order valence-electron chi connectivity index (χ2n) is 6.54. The first-order valence-corrected chi connectivity index (χ1v) is 9.37. The van der Waals surface area contributed by atoms with E-state index in [9.17, 15) is 9.59 Å². The van der Waals surface area contributed by atoms with Gasteiger partial charge in [0.2, 0.25) is 5.91 Å². The summed E-state index contributed by atoms with van der Waals surface area (Å²) in [5.74, 6) is 1.16. The predicted molar refractivity (Wildman–Crippen MR) is 108 cm³/mol. The standard InChI is InChI=1S/C22H23N3O4/c1-16-7-5-10-18(13-16)28-15-21(27)25-24-20(26)11-6-12-22-23-14-19(29-22)17-8-3-2-4-9-17/h2-5,7-10,13-14H,6,11-12,15H2,1H3,(H,24,26)(H,25,27). The largest absolute Gasteiger partial charge is 0.484 e. The lowest BCUT2D eigenvalue weighted by atomic mass is 10.2. The number of hydrogen-bond donors (Lipinski definition) is 2. The zero-order chi connectivity index (χ0) is 20.5. The molecule has 0 spiro atoms. The molecular formula is C22H23N3O4. The van der Waals surface area contributed by atoms with Crippen molar-refractivity contribution in [2.24, 2.45) is 0 Å². The lowest BCUT2D eigenvalue weighted by Crippen LogP contribution is -2.43. The van der Waals surface area contributed by atoms with Crippen LogP contribution in [0, 0.1) is 6.92 Å². The fourth-order valence-corrected chi connectivity index (χ4v) is 2.65. The van der Waals surface area contributed by atoms with Crippen LogP contribution in [-0.4, -0.2) is 23.4 Å². The maximum Gasteiger partial charge on any atom is 0.276 e. The minimum absolute atomic E-state index is 0.178. The third-order valence-electron chi connectivity index (χ3n) is 4.11. The van der Waals surface area contributed by atoms with Gasteiger partial charge in [-0.1, -0.05) is 42.5 Å². The normalized spacial score (nSPS) is 10.4. The Balaban J connectivity index is 1.33. The van der Waals surface area contributed by atoms with Gasteiger partial charge in [0, 0.05) is 18.4 Å². The summed E-state index contributed by atoms with van der Waals surface area (Å²) in [4.78, 5) is 27.9. The number of nitrogens with one attached hydrogen (secondary N) is 2. The molecule has 29 heavy (non-hydrogen) atoms. The summed E-state index contributed by atoms with van der Waals surface area (Å²) in [6.45, 7) is 1.76. The first-order chi connectivity index (χ1) is 14.1. The van der Waals surface area contributed by atoms with Crippen LogP contribution in [-0.2, 0) is 16.0 Å². The SMILES string of the molecule is Cc1cccc(OCC(=O)NNC(=O)CCCc2ncc(-c3ccccc3)o2)c1. The summed E-state index contributed by atoms with van der Waals surface area (Å²) in [5, 5.41) is 0. The first-order valence-electron chi connectivity index (χ1n) is 9.37. The molecule has 0 saturated heterocycles. The van der Waals surface area contributed by atoms with Crippen molar-refractivity contribution in [3.63, 3.8) is 0 Å². The van der Waals surface area contributed by atoms with Crippen LogP contribution in [0.1, 0.15) is 24.3 Å². The molecule has 0 aliphatic heterocycles. The minimum atomic E-state index is -0.430. The van der Waals surface area contributed by atoms with Crippen molar-refractivity contribution in [1.29, 1.82) is 0 Å². The predicted octanol–water partition coefficient (Wildman–Crippen LogP) is 3.20. The summed E-state index contributed by atoms with van der Waals surface area (Å²) in [7, 11) is 0. The van der Waals surface area contributed by atoms with Crippen molar-refractivity contribution in [2.45, 2.75) is 26.2 Å². The molecule has 7 nitrogen and oxygen atoms in total. The summed E-state index contributed by atoms with van der Waals surface area (Å²) >= 11 is 0. The van der Waals surface area contributed by atoms with E-state index in [1.54, 1.807) is 12.3 Å². The Labute approximate surface area is 169 Å². The van der Waals surface area contributed by atoms with Crippen molar-refractivity contribution < 1.29 is 18.7 Å². The molecule has 0 aliphatic carbocycles. The molecule has 0 unspecified atom stereocenters. The second kappa shape index (κ2) is 10.1. The lowest BCUT2D eigenvalue weighted by molar-refractivity contribution is -0.130. The number of nitrogens with zero attached hydrogens (tertiary/aromatic N) is 1. The van der Waals surface area contributed by atoms with Crippen LogP contribution in [0.2, 0.25) is 0 Å². The first kappa shape index (κ1) is 20.1. The lowest BCUT2D eigenvalue weighted by Gasteiger charge is -2.09. The third-order valence-corrected chi connectivity index (χ3v) is 4.11. The number of ether oxygens (including phenoxy) is 1. The second-order valence-corrected chi connectivity index (χ2v) is 6.54. The topological polar surface area (TPSA) is 93.5 Å². The molecule has 0 fully saturated rings. The van der Waals surface area contributed by atoms with Gasteiger partial charge in [0.1, 0.15) is 5.75 Å². The van der Waals surface area contributed by atoms with E-state index in [1.165, 1.54) is 0 Å². The Morgan fingerprint density at radius 2 is 1.83 bits per heavy atom. The van der Waals surface area contributed by atoms with Crippen LogP contribution in [0.25, 0.3) is 11.3 Å². The summed E-state index contributed by atoms with van der Waals surface area (Å²) in [5.41, 5.74) is 6.71. The Hall–Kier alpha value is -3.61. The highest BCUT2D eigenvalue weighted by Gasteiger charge is 2.09. The summed E-state index contributed by atoms with van der Waals surface area (Å²) < 4.78 is 11.1. The van der Waals surface area contributed by atoms with Crippen molar-refractivity contribution in [1.82, 2.24) is 15.8 Å². The van der Waals surface area contributed by atoms with Gasteiger partial charge in [-0.2, -0.15) is 0 Å². The van der Waals surface area contributed by atoms with E-state index in [-0.39, 0.29) is 18.9 Å². The molecule has 7 heteroatoms. The van der Waals surface area contributed by atoms with Gasteiger partial charge in [-0.25, -0.2) is 4.98 Å². The van der Waals surface area contributed by atoms with Gasteiger partial charge in [-0.05, 0) is 31.0 Å². The Bertz CT molecular complexity index is 953. The fourth-order valence-electron chi connectivity index (χ4n) is 2.65. The fraction of sp³-hybridized carbons (Fsp3) is 0.227. The molecule has 2 aromatic carbocycles. The average Bonchev–Trinajstić information content (AvgIpc) is 3.20. The molecule has 0 saturated carbocycles. The Morgan fingerprint density at radius 3 is 2.62 bits per heavy atom. The zero-order valence-corrected chi connectivity index (χ0v) is 16.2. The van der Waals surface area contributed by atoms with Crippen LogP contribution < -0.4 is 15.6 Å². The highest BCUT2D eigenvalue weighted by Crippen LogP contribution is 2.20.